The average molecular weight is 149 g/mol. The van der Waals surface area contributed by atoms with E-state index in [9.17, 15) is 0 Å². The van der Waals surface area contributed by atoms with Crippen LogP contribution in [0.1, 0.15) is 11.1 Å². The third-order valence-electron chi connectivity index (χ3n) is 1.54. The van der Waals surface area contributed by atoms with Gasteiger partial charge in [-0.25, -0.2) is 0 Å². The molecule has 1 aromatic rings. The molecule has 0 radical (unpaired) electrons. The Kier molecular flexibility index (Phi) is 3.68. The van der Waals surface area contributed by atoms with E-state index in [1.807, 2.05) is 32.0 Å². The SMILES string of the molecule is Cc1cccc(C)c1N.N#N. The molecule has 0 spiro atoms. The summed E-state index contributed by atoms with van der Waals surface area (Å²) >= 11 is 0. The topological polar surface area (TPSA) is 73.6 Å². The molecule has 3 heteroatoms. The Hall–Kier alpha value is -1.56. The van der Waals surface area contributed by atoms with Gasteiger partial charge in [-0.1, -0.05) is 18.2 Å². The lowest BCUT2D eigenvalue weighted by atomic mass is 10.1. The molecule has 3 nitrogen and oxygen atoms in total. The molecule has 0 saturated heterocycles. The van der Waals surface area contributed by atoms with Gasteiger partial charge in [-0.15, -0.1) is 0 Å². The molecule has 0 aromatic heterocycles. The Labute approximate surface area is 66.3 Å². The highest BCUT2D eigenvalue weighted by Gasteiger charge is 1.92. The summed E-state index contributed by atoms with van der Waals surface area (Å²) in [5.74, 6) is 0. The van der Waals surface area contributed by atoms with Crippen LogP contribution in [0.15, 0.2) is 18.2 Å². The summed E-state index contributed by atoms with van der Waals surface area (Å²) in [6.07, 6.45) is 0. The summed E-state index contributed by atoms with van der Waals surface area (Å²) in [5, 5.41) is 12.0. The van der Waals surface area contributed by atoms with E-state index in [4.69, 9.17) is 16.5 Å². The second kappa shape index (κ2) is 4.29. The molecule has 0 saturated carbocycles. The molecular weight excluding hydrogens is 138 g/mol. The molecule has 0 amide bonds. The maximum absolute atomic E-state index is 6.00. The van der Waals surface area contributed by atoms with Crippen molar-refractivity contribution in [2.24, 2.45) is 0 Å². The number of hydrogen-bond donors (Lipinski definition) is 1. The van der Waals surface area contributed by atoms with E-state index in [-0.39, 0.29) is 0 Å². The fraction of sp³-hybridized carbons (Fsp3) is 0.250. The number of anilines is 1. The van der Waals surface area contributed by atoms with Crippen LogP contribution in [0.5, 0.6) is 0 Å². The van der Waals surface area contributed by atoms with Crippen LogP contribution in [-0.4, -0.2) is 0 Å². The van der Waals surface area contributed by atoms with Gasteiger partial charge in [-0.05, 0) is 25.0 Å². The smallest absolute Gasteiger partial charge is 0.0373 e. The molecule has 1 rings (SSSR count). The fourth-order valence-electron chi connectivity index (χ4n) is 0.827. The van der Waals surface area contributed by atoms with Crippen LogP contribution in [-0.2, 0) is 0 Å². The number of rotatable bonds is 0. The normalized spacial score (nSPS) is 8.00. The first kappa shape index (κ1) is 9.44. The van der Waals surface area contributed by atoms with Crippen molar-refractivity contribution in [3.05, 3.63) is 29.3 Å². The van der Waals surface area contributed by atoms with Crippen LogP contribution in [0.25, 0.3) is 0 Å². The van der Waals surface area contributed by atoms with Gasteiger partial charge < -0.3 is 5.73 Å². The van der Waals surface area contributed by atoms with Gasteiger partial charge in [0.1, 0.15) is 0 Å². The second-order valence-corrected chi connectivity index (χ2v) is 2.31. The summed E-state index contributed by atoms with van der Waals surface area (Å²) in [7, 11) is 0. The van der Waals surface area contributed by atoms with Crippen molar-refractivity contribution >= 4 is 5.69 Å². The summed E-state index contributed by atoms with van der Waals surface area (Å²) < 4.78 is 0. The molecule has 0 bridgehead atoms. The average Bonchev–Trinajstić information content (AvgIpc) is 2.04. The zero-order valence-corrected chi connectivity index (χ0v) is 6.70. The Bertz CT molecular complexity index is 233. The van der Waals surface area contributed by atoms with E-state index >= 15 is 0 Å². The number of aryl methyl sites for hydroxylation is 2. The molecule has 0 heterocycles. The molecule has 58 valence electrons. The number of hydrogen-bond acceptors (Lipinski definition) is 3. The molecular formula is C8H11N3. The molecule has 0 fully saturated rings. The lowest BCUT2D eigenvalue weighted by Gasteiger charge is -2.00. The Balaban J connectivity index is 0.000000461. The number of nitrogen functional groups attached to an aromatic ring is 1. The van der Waals surface area contributed by atoms with Crippen molar-refractivity contribution in [2.75, 3.05) is 5.73 Å². The molecule has 0 aliphatic heterocycles. The third-order valence-corrected chi connectivity index (χ3v) is 1.54. The standard InChI is InChI=1S/C8H11N.N2/c1-6-4-3-5-7(2)8(6)9;1-2/h3-5H,9H2,1-2H3;. The van der Waals surface area contributed by atoms with Gasteiger partial charge in [0.25, 0.3) is 0 Å². The predicted molar refractivity (Wildman–Crippen MR) is 43.8 cm³/mol. The molecule has 11 heavy (non-hydrogen) atoms. The van der Waals surface area contributed by atoms with Gasteiger partial charge in [0.15, 0.2) is 0 Å². The summed E-state index contributed by atoms with van der Waals surface area (Å²) in [5.41, 5.74) is 8.92. The fourth-order valence-corrected chi connectivity index (χ4v) is 0.827. The number of para-hydroxylation sites is 1. The van der Waals surface area contributed by atoms with Gasteiger partial charge in [-0.3, -0.25) is 0 Å². The van der Waals surface area contributed by atoms with E-state index in [2.05, 4.69) is 0 Å². The lowest BCUT2D eigenvalue weighted by molar-refractivity contribution is 1.15. The number of nitrogens with zero attached hydrogens (tertiary/aromatic N) is 2. The van der Waals surface area contributed by atoms with Crippen LogP contribution < -0.4 is 5.73 Å². The first-order valence-electron chi connectivity index (χ1n) is 3.23. The minimum atomic E-state index is 0.914. The first-order valence-corrected chi connectivity index (χ1v) is 3.23. The van der Waals surface area contributed by atoms with Crippen LogP contribution in [0, 0.1) is 24.6 Å². The van der Waals surface area contributed by atoms with E-state index < -0.39 is 0 Å². The van der Waals surface area contributed by atoms with E-state index in [1.165, 1.54) is 0 Å². The monoisotopic (exact) mass is 149 g/mol. The summed E-state index contributed by atoms with van der Waals surface area (Å²) in [4.78, 5) is 0. The van der Waals surface area contributed by atoms with Crippen LogP contribution in [0.3, 0.4) is 0 Å². The van der Waals surface area contributed by atoms with Crippen LogP contribution in [0.2, 0.25) is 0 Å². The molecule has 0 unspecified atom stereocenters. The van der Waals surface area contributed by atoms with E-state index in [0.717, 1.165) is 16.8 Å². The highest BCUT2D eigenvalue weighted by Crippen LogP contribution is 2.13. The van der Waals surface area contributed by atoms with Crippen molar-refractivity contribution in [3.8, 4) is 0 Å². The third kappa shape index (κ3) is 2.26. The van der Waals surface area contributed by atoms with Crippen LogP contribution in [0.4, 0.5) is 5.69 Å². The molecule has 0 aliphatic carbocycles. The van der Waals surface area contributed by atoms with Crippen molar-refractivity contribution in [1.29, 1.82) is 10.8 Å². The maximum Gasteiger partial charge on any atom is 0.0373 e. The first-order chi connectivity index (χ1) is 5.22. The zero-order chi connectivity index (χ0) is 8.85. The van der Waals surface area contributed by atoms with Crippen molar-refractivity contribution < 1.29 is 0 Å². The lowest BCUT2D eigenvalue weighted by Crippen LogP contribution is -1.91. The molecule has 1 aromatic carbocycles. The van der Waals surface area contributed by atoms with Gasteiger partial charge in [0.05, 0.1) is 0 Å². The second-order valence-electron chi connectivity index (χ2n) is 2.31. The minimum Gasteiger partial charge on any atom is -0.398 e. The number of benzene rings is 1. The van der Waals surface area contributed by atoms with Crippen molar-refractivity contribution in [2.45, 2.75) is 13.8 Å². The Morgan fingerprint density at radius 3 is 1.73 bits per heavy atom. The Morgan fingerprint density at radius 1 is 1.09 bits per heavy atom. The molecule has 2 N–H and O–H groups in total. The summed E-state index contributed by atoms with van der Waals surface area (Å²) in [6.45, 7) is 4.03. The van der Waals surface area contributed by atoms with Gasteiger partial charge in [0.2, 0.25) is 0 Å². The Morgan fingerprint density at radius 2 is 1.45 bits per heavy atom. The van der Waals surface area contributed by atoms with Crippen molar-refractivity contribution in [1.82, 2.24) is 0 Å². The summed E-state index contributed by atoms with van der Waals surface area (Å²) in [6, 6.07) is 6.05. The van der Waals surface area contributed by atoms with E-state index in [0.29, 0.717) is 0 Å². The van der Waals surface area contributed by atoms with Gasteiger partial charge >= 0.3 is 0 Å². The van der Waals surface area contributed by atoms with Gasteiger partial charge in [-0.2, -0.15) is 0 Å². The molecule has 0 aliphatic rings. The predicted octanol–water partition coefficient (Wildman–Crippen LogP) is 1.92. The molecule has 0 atom stereocenters. The van der Waals surface area contributed by atoms with E-state index in [1.54, 1.807) is 0 Å². The number of nitrogens with two attached hydrogens (primary N) is 1. The van der Waals surface area contributed by atoms with Crippen LogP contribution >= 0.6 is 0 Å². The maximum atomic E-state index is 6.00. The largest absolute Gasteiger partial charge is 0.398 e. The van der Waals surface area contributed by atoms with Gasteiger partial charge in [0, 0.05) is 16.5 Å². The highest BCUT2D eigenvalue weighted by atomic mass is 14.6. The van der Waals surface area contributed by atoms with Crippen molar-refractivity contribution in [3.63, 3.8) is 0 Å². The highest BCUT2D eigenvalue weighted by molar-refractivity contribution is 5.52. The quantitative estimate of drug-likeness (QED) is 0.452. The minimum absolute atomic E-state index is 0.914. The zero-order valence-electron chi connectivity index (χ0n) is 6.70.